The fraction of sp³-hybridized carbons (Fsp3) is 0.355. The van der Waals surface area contributed by atoms with Crippen LogP contribution in [0.25, 0.3) is 11.3 Å². The van der Waals surface area contributed by atoms with Crippen LogP contribution in [0.2, 0.25) is 10.0 Å². The minimum Gasteiger partial charge on any atom is -0.489 e. The molecule has 0 saturated heterocycles. The van der Waals surface area contributed by atoms with Crippen LogP contribution < -0.4 is 0 Å². The number of aryl methyl sites for hydroxylation is 1. The molecule has 2 saturated carbocycles. The Hall–Kier alpha value is -2.77. The van der Waals surface area contributed by atoms with Crippen molar-refractivity contribution >= 4 is 40.8 Å². The number of rotatable bonds is 8. The molecule has 6 nitrogen and oxygen atoms in total. The lowest BCUT2D eigenvalue weighted by Crippen LogP contribution is -2.49. The Labute approximate surface area is 247 Å². The van der Waals surface area contributed by atoms with Gasteiger partial charge in [-0.05, 0) is 92.5 Å². The van der Waals surface area contributed by atoms with E-state index in [9.17, 15) is 15.0 Å². The minimum absolute atomic E-state index is 0.0820. The molecule has 0 amide bonds. The van der Waals surface area contributed by atoms with Crippen molar-refractivity contribution in [2.75, 3.05) is 0 Å². The lowest BCUT2D eigenvalue weighted by molar-refractivity contribution is -0.0836. The van der Waals surface area contributed by atoms with Crippen molar-refractivity contribution in [2.24, 2.45) is 5.92 Å². The number of aromatic carboxylic acids is 1. The molecule has 2 fully saturated rings. The van der Waals surface area contributed by atoms with Gasteiger partial charge in [-0.3, -0.25) is 0 Å². The number of carboxylic acid groups (broad SMARTS) is 1. The van der Waals surface area contributed by atoms with Crippen LogP contribution in [0.15, 0.2) is 63.9 Å². The zero-order valence-corrected chi connectivity index (χ0v) is 24.1. The maximum Gasteiger partial charge on any atom is 0.335 e. The van der Waals surface area contributed by atoms with Crippen molar-refractivity contribution in [1.82, 2.24) is 5.16 Å². The second-order valence-electron chi connectivity index (χ2n) is 11.1. The highest BCUT2D eigenvalue weighted by atomic mass is 35.5. The molecule has 40 heavy (non-hydrogen) atoms. The Bertz CT molecular complexity index is 1530. The summed E-state index contributed by atoms with van der Waals surface area (Å²) < 4.78 is 11.9. The van der Waals surface area contributed by atoms with Crippen LogP contribution in [0.1, 0.15) is 76.7 Å². The van der Waals surface area contributed by atoms with Gasteiger partial charge in [0.1, 0.15) is 23.8 Å². The number of hydrogen-bond acceptors (Lipinski definition) is 5. The van der Waals surface area contributed by atoms with Crippen LogP contribution in [-0.2, 0) is 11.3 Å². The third-order valence-electron chi connectivity index (χ3n) is 8.18. The Morgan fingerprint density at radius 2 is 1.85 bits per heavy atom. The summed E-state index contributed by atoms with van der Waals surface area (Å²) in [5, 5.41) is 26.6. The van der Waals surface area contributed by atoms with E-state index in [1.807, 2.05) is 19.1 Å². The number of carbonyl (C=O) groups is 1. The number of allylic oxidation sites excluding steroid dienone is 2. The standard InChI is InChI=1S/C31H28Cl3NO5/c1-16-9-18(11-19(10-16)30(36)37)20-13-31(38,14-20)23-8-7-21(12-26(23)34)39-15-22-28(35-40-29(22)17-5-6-17)27-24(32)3-2-4-25(27)33/h2-4,7,9-12,17,20,23,38H,5-6,8,13-15H2,1H3,(H,36,37)/t20-,23?,31-. The van der Waals surface area contributed by atoms with Crippen LogP contribution in [-0.4, -0.2) is 26.9 Å². The second kappa shape index (κ2) is 10.6. The van der Waals surface area contributed by atoms with Gasteiger partial charge in [0, 0.05) is 22.4 Å². The van der Waals surface area contributed by atoms with E-state index in [4.69, 9.17) is 44.1 Å². The minimum atomic E-state index is -0.963. The van der Waals surface area contributed by atoms with E-state index in [1.54, 1.807) is 36.4 Å². The molecule has 3 aliphatic carbocycles. The van der Waals surface area contributed by atoms with E-state index in [0.29, 0.717) is 57.3 Å². The van der Waals surface area contributed by atoms with Gasteiger partial charge in [0.2, 0.25) is 0 Å². The van der Waals surface area contributed by atoms with Gasteiger partial charge in [0.15, 0.2) is 0 Å². The third-order valence-corrected chi connectivity index (χ3v) is 9.19. The SMILES string of the molecule is Cc1cc(C(=O)O)cc([C@H]2C[C@@](O)(C3CC=C(OCc4c(-c5c(Cl)cccc5Cl)noc4C4CC4)C=C3Cl)C2)c1. The summed E-state index contributed by atoms with van der Waals surface area (Å²) in [6, 6.07) is 10.7. The monoisotopic (exact) mass is 599 g/mol. The predicted octanol–water partition coefficient (Wildman–Crippen LogP) is 8.38. The zero-order valence-electron chi connectivity index (χ0n) is 21.8. The fourth-order valence-electron chi connectivity index (χ4n) is 5.91. The molecule has 208 valence electrons. The van der Waals surface area contributed by atoms with E-state index in [2.05, 4.69) is 5.16 Å². The summed E-state index contributed by atoms with van der Waals surface area (Å²) in [7, 11) is 0. The Balaban J connectivity index is 1.15. The van der Waals surface area contributed by atoms with Crippen LogP contribution in [0.5, 0.6) is 0 Å². The molecule has 0 aliphatic heterocycles. The van der Waals surface area contributed by atoms with E-state index < -0.39 is 11.6 Å². The number of nitrogens with zero attached hydrogens (tertiary/aromatic N) is 1. The molecule has 0 spiro atoms. The molecule has 0 bridgehead atoms. The zero-order chi connectivity index (χ0) is 28.2. The van der Waals surface area contributed by atoms with Crippen LogP contribution in [0.4, 0.5) is 0 Å². The molecule has 3 aromatic rings. The maximum atomic E-state index is 11.5. The summed E-state index contributed by atoms with van der Waals surface area (Å²) in [5.41, 5.74) is 3.16. The molecule has 9 heteroatoms. The molecule has 6 rings (SSSR count). The first-order chi connectivity index (χ1) is 19.1. The molecule has 3 aliphatic rings. The van der Waals surface area contributed by atoms with Crippen molar-refractivity contribution in [1.29, 1.82) is 0 Å². The molecule has 1 unspecified atom stereocenters. The van der Waals surface area contributed by atoms with Crippen molar-refractivity contribution in [3.63, 3.8) is 0 Å². The molecule has 1 aromatic heterocycles. The first kappa shape index (κ1) is 27.4. The average molecular weight is 601 g/mol. The van der Waals surface area contributed by atoms with E-state index in [0.717, 1.165) is 35.3 Å². The number of carboxylic acids is 1. The van der Waals surface area contributed by atoms with Crippen LogP contribution in [0.3, 0.4) is 0 Å². The van der Waals surface area contributed by atoms with Gasteiger partial charge < -0.3 is 19.5 Å². The van der Waals surface area contributed by atoms with Gasteiger partial charge in [0.05, 0.1) is 26.8 Å². The van der Waals surface area contributed by atoms with Crippen molar-refractivity contribution in [2.45, 2.75) is 63.1 Å². The highest BCUT2D eigenvalue weighted by Crippen LogP contribution is 2.53. The lowest BCUT2D eigenvalue weighted by Gasteiger charge is -2.49. The third kappa shape index (κ3) is 5.18. The summed E-state index contributed by atoms with van der Waals surface area (Å²) >= 11 is 19.7. The summed E-state index contributed by atoms with van der Waals surface area (Å²) in [5.74, 6) is 0.603. The number of ether oxygens (including phenoxy) is 1. The van der Waals surface area contributed by atoms with E-state index in [1.165, 1.54) is 0 Å². The van der Waals surface area contributed by atoms with Gasteiger partial charge in [-0.1, -0.05) is 52.1 Å². The van der Waals surface area contributed by atoms with Gasteiger partial charge in [-0.15, -0.1) is 0 Å². The Morgan fingerprint density at radius 1 is 1.12 bits per heavy atom. The Morgan fingerprint density at radius 3 is 2.50 bits per heavy atom. The summed E-state index contributed by atoms with van der Waals surface area (Å²) in [6.07, 6.45) is 7.35. The summed E-state index contributed by atoms with van der Waals surface area (Å²) in [6.45, 7) is 2.10. The molecule has 0 radical (unpaired) electrons. The smallest absolute Gasteiger partial charge is 0.335 e. The van der Waals surface area contributed by atoms with Crippen LogP contribution >= 0.6 is 34.8 Å². The van der Waals surface area contributed by atoms with Crippen molar-refractivity contribution in [3.05, 3.63) is 97.4 Å². The second-order valence-corrected chi connectivity index (χ2v) is 12.4. The predicted molar refractivity (Wildman–Crippen MR) is 154 cm³/mol. The first-order valence-corrected chi connectivity index (χ1v) is 14.5. The van der Waals surface area contributed by atoms with Crippen LogP contribution in [0, 0.1) is 12.8 Å². The number of benzene rings is 2. The topological polar surface area (TPSA) is 92.8 Å². The van der Waals surface area contributed by atoms with Gasteiger partial charge in [0.25, 0.3) is 0 Å². The van der Waals surface area contributed by atoms with E-state index in [-0.39, 0.29) is 24.0 Å². The lowest BCUT2D eigenvalue weighted by atomic mass is 9.61. The van der Waals surface area contributed by atoms with Gasteiger partial charge in [-0.25, -0.2) is 4.79 Å². The average Bonchev–Trinajstić information content (AvgIpc) is 3.65. The van der Waals surface area contributed by atoms with Crippen molar-refractivity contribution < 1.29 is 24.3 Å². The largest absolute Gasteiger partial charge is 0.489 e. The fourth-order valence-corrected chi connectivity index (χ4v) is 6.88. The van der Waals surface area contributed by atoms with Gasteiger partial charge >= 0.3 is 5.97 Å². The maximum absolute atomic E-state index is 11.5. The molecule has 2 aromatic carbocycles. The number of aromatic nitrogens is 1. The highest BCUT2D eigenvalue weighted by molar-refractivity contribution is 6.39. The molecular weight excluding hydrogens is 573 g/mol. The first-order valence-electron chi connectivity index (χ1n) is 13.3. The molecule has 2 N–H and O–H groups in total. The van der Waals surface area contributed by atoms with Crippen molar-refractivity contribution in [3.8, 4) is 11.3 Å². The highest BCUT2D eigenvalue weighted by Gasteiger charge is 2.50. The molecular formula is C31H28Cl3NO5. The number of hydrogen-bond donors (Lipinski definition) is 2. The number of halogens is 3. The normalized spacial score (nSPS) is 24.2. The van der Waals surface area contributed by atoms with Gasteiger partial charge in [-0.2, -0.15) is 0 Å². The number of aliphatic hydroxyl groups is 1. The Kier molecular flexibility index (Phi) is 7.24. The molecule has 1 heterocycles. The molecule has 1 atom stereocenters. The summed E-state index contributed by atoms with van der Waals surface area (Å²) in [4.78, 5) is 11.5. The quantitative estimate of drug-likeness (QED) is 0.270. The van der Waals surface area contributed by atoms with E-state index >= 15 is 0 Å².